The molecule has 3 rings (SSSR count). The van der Waals surface area contributed by atoms with Crippen LogP contribution in [0.4, 0.5) is 0 Å². The highest BCUT2D eigenvalue weighted by molar-refractivity contribution is 5.95. The molecule has 1 aromatic carbocycles. The number of aryl methyl sites for hydroxylation is 2. The molecule has 0 saturated carbocycles. The van der Waals surface area contributed by atoms with Crippen molar-refractivity contribution in [2.45, 2.75) is 13.8 Å². The summed E-state index contributed by atoms with van der Waals surface area (Å²) in [5, 5.41) is 13.6. The Kier molecular flexibility index (Phi) is 3.80. The van der Waals surface area contributed by atoms with Gasteiger partial charge in [0.25, 0.3) is 5.91 Å². The minimum absolute atomic E-state index is 0.104. The lowest BCUT2D eigenvalue weighted by atomic mass is 10.2. The van der Waals surface area contributed by atoms with Gasteiger partial charge in [-0.2, -0.15) is 5.10 Å². The van der Waals surface area contributed by atoms with Crippen LogP contribution in [0.3, 0.4) is 0 Å². The van der Waals surface area contributed by atoms with Gasteiger partial charge in [-0.05, 0) is 43.7 Å². The van der Waals surface area contributed by atoms with Crippen LogP contribution in [-0.4, -0.2) is 26.6 Å². The molecule has 0 radical (unpaired) electrons. The zero-order chi connectivity index (χ0) is 16.4. The number of aromatic nitrogens is 2. The number of phenolic OH excluding ortho intramolecular Hbond substituents is 1. The number of imidazole rings is 1. The maximum atomic E-state index is 12.4. The lowest BCUT2D eigenvalue weighted by Gasteiger charge is -2.02. The number of carbonyl (C=O) groups excluding carboxylic acids is 1. The summed E-state index contributed by atoms with van der Waals surface area (Å²) in [5.74, 6) is -0.252. The van der Waals surface area contributed by atoms with Crippen LogP contribution in [0.1, 0.15) is 27.3 Å². The molecule has 0 bridgehead atoms. The Morgan fingerprint density at radius 3 is 2.87 bits per heavy atom. The molecule has 23 heavy (non-hydrogen) atoms. The summed E-state index contributed by atoms with van der Waals surface area (Å²) in [7, 11) is 0. The van der Waals surface area contributed by atoms with Gasteiger partial charge in [0.05, 0.1) is 11.9 Å². The molecule has 0 atom stereocenters. The molecule has 0 aliphatic carbocycles. The second-order valence-electron chi connectivity index (χ2n) is 5.24. The fraction of sp³-hybridized carbons (Fsp3) is 0.118. The molecule has 2 aromatic heterocycles. The summed E-state index contributed by atoms with van der Waals surface area (Å²) in [6.07, 6.45) is 3.21. The molecular formula is C17H16N4O2. The second kappa shape index (κ2) is 5.92. The first-order chi connectivity index (χ1) is 11.1. The highest BCUT2D eigenvalue weighted by Crippen LogP contribution is 2.14. The Balaban J connectivity index is 1.84. The van der Waals surface area contributed by atoms with Crippen molar-refractivity contribution in [3.8, 4) is 5.75 Å². The molecule has 0 fully saturated rings. The Morgan fingerprint density at radius 1 is 1.30 bits per heavy atom. The average Bonchev–Trinajstić information content (AvgIpc) is 2.84. The van der Waals surface area contributed by atoms with Gasteiger partial charge in [0.2, 0.25) is 0 Å². The van der Waals surface area contributed by atoms with Crippen molar-refractivity contribution in [3.05, 3.63) is 65.1 Å². The predicted octanol–water partition coefficient (Wildman–Crippen LogP) is 2.42. The summed E-state index contributed by atoms with van der Waals surface area (Å²) in [4.78, 5) is 16.7. The first kappa shape index (κ1) is 14.8. The molecule has 1 amide bonds. The standard InChI is InChI=1S/C17H16N4O2/c1-11-7-8-21-15(9-11)19-12(2)16(21)17(23)20-18-10-13-5-3-4-6-14(13)22/h3-10,22H,1-2H3,(H,20,23)/b18-10-. The molecule has 0 aliphatic rings. The monoisotopic (exact) mass is 308 g/mol. The van der Waals surface area contributed by atoms with Gasteiger partial charge in [-0.1, -0.05) is 12.1 Å². The van der Waals surface area contributed by atoms with E-state index in [0.717, 1.165) is 11.2 Å². The number of hydrogen-bond donors (Lipinski definition) is 2. The van der Waals surface area contributed by atoms with Crippen molar-refractivity contribution in [2.24, 2.45) is 5.10 Å². The van der Waals surface area contributed by atoms with E-state index in [9.17, 15) is 9.90 Å². The largest absolute Gasteiger partial charge is 0.507 e. The van der Waals surface area contributed by atoms with E-state index >= 15 is 0 Å². The topological polar surface area (TPSA) is 79.0 Å². The summed E-state index contributed by atoms with van der Waals surface area (Å²) >= 11 is 0. The van der Waals surface area contributed by atoms with Crippen molar-refractivity contribution >= 4 is 17.8 Å². The van der Waals surface area contributed by atoms with Gasteiger partial charge in [0.15, 0.2) is 0 Å². The first-order valence-electron chi connectivity index (χ1n) is 7.13. The minimum atomic E-state index is -0.356. The number of nitrogens with zero attached hydrogens (tertiary/aromatic N) is 3. The van der Waals surface area contributed by atoms with Crippen LogP contribution in [0.25, 0.3) is 5.65 Å². The van der Waals surface area contributed by atoms with E-state index in [0.29, 0.717) is 17.0 Å². The first-order valence-corrected chi connectivity index (χ1v) is 7.13. The smallest absolute Gasteiger partial charge is 0.290 e. The number of carbonyl (C=O) groups is 1. The van der Waals surface area contributed by atoms with Gasteiger partial charge in [0, 0.05) is 11.8 Å². The Hall–Kier alpha value is -3.15. The van der Waals surface area contributed by atoms with Crippen molar-refractivity contribution < 1.29 is 9.90 Å². The number of phenols is 1. The predicted molar refractivity (Wildman–Crippen MR) is 87.8 cm³/mol. The van der Waals surface area contributed by atoms with E-state index in [1.807, 2.05) is 25.3 Å². The zero-order valence-corrected chi connectivity index (χ0v) is 12.8. The van der Waals surface area contributed by atoms with Crippen molar-refractivity contribution in [2.75, 3.05) is 0 Å². The van der Waals surface area contributed by atoms with Crippen LogP contribution >= 0.6 is 0 Å². The number of pyridine rings is 1. The SMILES string of the molecule is Cc1ccn2c(C(=O)N/N=C\c3ccccc3O)c(C)nc2c1. The molecular weight excluding hydrogens is 292 g/mol. The number of hydrazone groups is 1. The van der Waals surface area contributed by atoms with E-state index < -0.39 is 0 Å². The summed E-state index contributed by atoms with van der Waals surface area (Å²) in [6.45, 7) is 3.75. The molecule has 0 aliphatic heterocycles. The van der Waals surface area contributed by atoms with Gasteiger partial charge < -0.3 is 5.11 Å². The summed E-state index contributed by atoms with van der Waals surface area (Å²) in [6, 6.07) is 10.6. The van der Waals surface area contributed by atoms with E-state index in [1.165, 1.54) is 6.21 Å². The summed E-state index contributed by atoms with van der Waals surface area (Å²) in [5.41, 5.74) is 5.86. The lowest BCUT2D eigenvalue weighted by Crippen LogP contribution is -2.20. The quantitative estimate of drug-likeness (QED) is 0.576. The summed E-state index contributed by atoms with van der Waals surface area (Å²) < 4.78 is 1.73. The maximum Gasteiger partial charge on any atom is 0.290 e. The zero-order valence-electron chi connectivity index (χ0n) is 12.8. The second-order valence-corrected chi connectivity index (χ2v) is 5.24. The number of para-hydroxylation sites is 1. The van der Waals surface area contributed by atoms with Gasteiger partial charge in [-0.25, -0.2) is 10.4 Å². The number of fused-ring (bicyclic) bond motifs is 1. The molecule has 6 nitrogen and oxygen atoms in total. The normalized spacial score (nSPS) is 11.2. The third-order valence-electron chi connectivity index (χ3n) is 3.48. The van der Waals surface area contributed by atoms with Crippen molar-refractivity contribution in [1.29, 1.82) is 0 Å². The number of amides is 1. The molecule has 0 unspecified atom stereocenters. The average molecular weight is 308 g/mol. The number of rotatable bonds is 3. The maximum absolute atomic E-state index is 12.4. The van der Waals surface area contributed by atoms with Crippen LogP contribution < -0.4 is 5.43 Å². The molecule has 6 heteroatoms. The Bertz CT molecular complexity index is 912. The van der Waals surface area contributed by atoms with E-state index in [4.69, 9.17) is 0 Å². The van der Waals surface area contributed by atoms with Crippen LogP contribution in [0.2, 0.25) is 0 Å². The highest BCUT2D eigenvalue weighted by atomic mass is 16.3. The molecule has 116 valence electrons. The third kappa shape index (κ3) is 2.91. The minimum Gasteiger partial charge on any atom is -0.507 e. The van der Waals surface area contributed by atoms with Gasteiger partial charge >= 0.3 is 0 Å². The molecule has 3 aromatic rings. The number of benzene rings is 1. The van der Waals surface area contributed by atoms with Crippen LogP contribution in [-0.2, 0) is 0 Å². The molecule has 2 heterocycles. The highest BCUT2D eigenvalue weighted by Gasteiger charge is 2.15. The molecule has 0 spiro atoms. The van der Waals surface area contributed by atoms with Gasteiger partial charge in [-0.15, -0.1) is 0 Å². The lowest BCUT2D eigenvalue weighted by molar-refractivity contribution is 0.0948. The number of nitrogens with one attached hydrogen (secondary N) is 1. The van der Waals surface area contributed by atoms with Gasteiger partial charge in [-0.3, -0.25) is 9.20 Å². The van der Waals surface area contributed by atoms with E-state index in [1.54, 1.807) is 35.6 Å². The molecule has 2 N–H and O–H groups in total. The van der Waals surface area contributed by atoms with E-state index in [-0.39, 0.29) is 11.7 Å². The fourth-order valence-corrected chi connectivity index (χ4v) is 2.35. The van der Waals surface area contributed by atoms with E-state index in [2.05, 4.69) is 15.5 Å². The third-order valence-corrected chi connectivity index (χ3v) is 3.48. The fourth-order valence-electron chi connectivity index (χ4n) is 2.35. The molecule has 0 saturated heterocycles. The number of hydrogen-bond acceptors (Lipinski definition) is 4. The van der Waals surface area contributed by atoms with Crippen LogP contribution in [0.15, 0.2) is 47.7 Å². The number of aromatic hydroxyl groups is 1. The van der Waals surface area contributed by atoms with Crippen LogP contribution in [0, 0.1) is 13.8 Å². The van der Waals surface area contributed by atoms with Gasteiger partial charge in [0.1, 0.15) is 17.1 Å². The Labute approximate surface area is 133 Å². The Morgan fingerprint density at radius 2 is 2.09 bits per heavy atom. The van der Waals surface area contributed by atoms with Crippen LogP contribution in [0.5, 0.6) is 5.75 Å². The van der Waals surface area contributed by atoms with Crippen molar-refractivity contribution in [3.63, 3.8) is 0 Å². The van der Waals surface area contributed by atoms with Crippen molar-refractivity contribution in [1.82, 2.24) is 14.8 Å².